The van der Waals surface area contributed by atoms with Crippen molar-refractivity contribution in [3.8, 4) is 0 Å². The number of ether oxygens (including phenoxy) is 1. The zero-order valence-corrected chi connectivity index (χ0v) is 9.75. The van der Waals surface area contributed by atoms with Crippen LogP contribution in [0.25, 0.3) is 0 Å². The minimum absolute atomic E-state index is 0.0952. The third kappa shape index (κ3) is 1.67. The van der Waals surface area contributed by atoms with Crippen LogP contribution >= 0.6 is 0 Å². The van der Waals surface area contributed by atoms with Gasteiger partial charge in [-0.25, -0.2) is 4.79 Å². The predicted molar refractivity (Wildman–Crippen MR) is 56.7 cm³/mol. The molecule has 3 nitrogen and oxygen atoms in total. The molecule has 1 N–H and O–H groups in total. The Kier molecular flexibility index (Phi) is 2.34. The molecule has 0 bridgehead atoms. The van der Waals surface area contributed by atoms with Gasteiger partial charge in [0.2, 0.25) is 0 Å². The smallest absolute Gasteiger partial charge is 0.335 e. The van der Waals surface area contributed by atoms with Crippen LogP contribution in [0.4, 0.5) is 0 Å². The second kappa shape index (κ2) is 3.21. The van der Waals surface area contributed by atoms with Gasteiger partial charge < -0.3 is 9.84 Å². The molecule has 1 aliphatic carbocycles. The van der Waals surface area contributed by atoms with Crippen molar-refractivity contribution in [1.29, 1.82) is 0 Å². The van der Waals surface area contributed by atoms with Crippen molar-refractivity contribution in [2.24, 2.45) is 11.8 Å². The Morgan fingerprint density at radius 1 is 1.40 bits per heavy atom. The van der Waals surface area contributed by atoms with E-state index in [1.54, 1.807) is 6.92 Å². The van der Waals surface area contributed by atoms with E-state index in [0.29, 0.717) is 12.3 Å². The summed E-state index contributed by atoms with van der Waals surface area (Å²) in [5.74, 6) is 0.601. The van der Waals surface area contributed by atoms with Gasteiger partial charge in [0.15, 0.2) is 5.60 Å². The van der Waals surface area contributed by atoms with Gasteiger partial charge in [0.05, 0.1) is 5.60 Å². The minimum Gasteiger partial charge on any atom is -0.479 e. The molecule has 1 aliphatic heterocycles. The first kappa shape index (κ1) is 10.9. The van der Waals surface area contributed by atoms with E-state index < -0.39 is 11.6 Å². The van der Waals surface area contributed by atoms with Gasteiger partial charge >= 0.3 is 5.97 Å². The molecular weight excluding hydrogens is 192 g/mol. The SMILES string of the molecule is CC(C)C1CC2(CCC(C)(C(=O)O)O2)C1. The molecule has 1 atom stereocenters. The highest BCUT2D eigenvalue weighted by atomic mass is 16.6. The van der Waals surface area contributed by atoms with Crippen molar-refractivity contribution in [2.75, 3.05) is 0 Å². The summed E-state index contributed by atoms with van der Waals surface area (Å²) in [5.41, 5.74) is -1.02. The highest BCUT2D eigenvalue weighted by molar-refractivity contribution is 5.77. The van der Waals surface area contributed by atoms with Crippen molar-refractivity contribution < 1.29 is 14.6 Å². The van der Waals surface area contributed by atoms with Crippen LogP contribution in [0.15, 0.2) is 0 Å². The number of hydrogen-bond donors (Lipinski definition) is 1. The summed E-state index contributed by atoms with van der Waals surface area (Å²) < 4.78 is 5.81. The molecule has 2 fully saturated rings. The Hall–Kier alpha value is -0.570. The van der Waals surface area contributed by atoms with E-state index in [2.05, 4.69) is 13.8 Å². The maximum Gasteiger partial charge on any atom is 0.335 e. The molecule has 3 heteroatoms. The Balaban J connectivity index is 1.98. The van der Waals surface area contributed by atoms with Crippen LogP contribution in [0.3, 0.4) is 0 Å². The predicted octanol–water partition coefficient (Wildman–Crippen LogP) is 2.44. The molecular formula is C12H20O3. The van der Waals surface area contributed by atoms with E-state index in [0.717, 1.165) is 25.2 Å². The summed E-state index contributed by atoms with van der Waals surface area (Å²) in [6.07, 6.45) is 3.67. The van der Waals surface area contributed by atoms with Crippen LogP contribution < -0.4 is 0 Å². The standard InChI is InChI=1S/C12H20O3/c1-8(2)9-6-12(7-9)5-4-11(3,15-12)10(13)14/h8-9H,4-7H2,1-3H3,(H,13,14). The lowest BCUT2D eigenvalue weighted by molar-refractivity contribution is -0.190. The first-order chi connectivity index (χ1) is 6.87. The second-order valence-electron chi connectivity index (χ2n) is 5.73. The highest BCUT2D eigenvalue weighted by Gasteiger charge is 2.57. The molecule has 0 aromatic heterocycles. The van der Waals surface area contributed by atoms with Crippen molar-refractivity contribution in [3.05, 3.63) is 0 Å². The van der Waals surface area contributed by atoms with E-state index in [1.807, 2.05) is 0 Å². The summed E-state index contributed by atoms with van der Waals surface area (Å²) >= 11 is 0. The lowest BCUT2D eigenvalue weighted by Gasteiger charge is -2.47. The monoisotopic (exact) mass is 212 g/mol. The Morgan fingerprint density at radius 2 is 2.00 bits per heavy atom. The lowest BCUT2D eigenvalue weighted by atomic mass is 9.65. The van der Waals surface area contributed by atoms with Gasteiger partial charge in [-0.3, -0.25) is 0 Å². The van der Waals surface area contributed by atoms with E-state index in [4.69, 9.17) is 9.84 Å². The zero-order valence-electron chi connectivity index (χ0n) is 9.75. The molecule has 15 heavy (non-hydrogen) atoms. The number of aliphatic carboxylic acids is 1. The van der Waals surface area contributed by atoms with E-state index in [9.17, 15) is 4.79 Å². The van der Waals surface area contributed by atoms with Gasteiger partial charge in [0.1, 0.15) is 0 Å². The van der Waals surface area contributed by atoms with Crippen molar-refractivity contribution in [1.82, 2.24) is 0 Å². The second-order valence-corrected chi connectivity index (χ2v) is 5.73. The Labute approximate surface area is 90.8 Å². The Bertz CT molecular complexity index is 279. The minimum atomic E-state index is -0.929. The van der Waals surface area contributed by atoms with Gasteiger partial charge in [0.25, 0.3) is 0 Å². The lowest BCUT2D eigenvalue weighted by Crippen LogP contribution is -2.48. The number of carbonyl (C=O) groups is 1. The number of rotatable bonds is 2. The van der Waals surface area contributed by atoms with Gasteiger partial charge in [-0.2, -0.15) is 0 Å². The Morgan fingerprint density at radius 3 is 2.40 bits per heavy atom. The van der Waals surface area contributed by atoms with Crippen LogP contribution in [-0.2, 0) is 9.53 Å². The number of hydrogen-bond acceptors (Lipinski definition) is 2. The van der Waals surface area contributed by atoms with Gasteiger partial charge in [-0.05, 0) is 44.4 Å². The molecule has 0 aromatic carbocycles. The van der Waals surface area contributed by atoms with E-state index in [1.165, 1.54) is 0 Å². The normalized spacial score (nSPS) is 44.7. The fourth-order valence-electron chi connectivity index (χ4n) is 2.85. The van der Waals surface area contributed by atoms with Crippen LogP contribution in [0.1, 0.15) is 46.5 Å². The average Bonchev–Trinajstić information content (AvgIpc) is 2.42. The fraction of sp³-hybridized carbons (Fsp3) is 0.917. The van der Waals surface area contributed by atoms with Crippen LogP contribution in [0.2, 0.25) is 0 Å². The van der Waals surface area contributed by atoms with Gasteiger partial charge in [0, 0.05) is 0 Å². The summed E-state index contributed by atoms with van der Waals surface area (Å²) in [6, 6.07) is 0. The molecule has 2 aliphatic rings. The van der Waals surface area contributed by atoms with Crippen molar-refractivity contribution in [3.63, 3.8) is 0 Å². The first-order valence-corrected chi connectivity index (χ1v) is 5.80. The maximum absolute atomic E-state index is 11.0. The molecule has 1 spiro atoms. The first-order valence-electron chi connectivity index (χ1n) is 5.80. The van der Waals surface area contributed by atoms with Crippen molar-refractivity contribution in [2.45, 2.75) is 57.7 Å². The third-order valence-electron chi connectivity index (χ3n) is 4.16. The summed E-state index contributed by atoms with van der Waals surface area (Å²) in [4.78, 5) is 11.0. The van der Waals surface area contributed by atoms with Crippen LogP contribution in [0.5, 0.6) is 0 Å². The van der Waals surface area contributed by atoms with Crippen LogP contribution in [0, 0.1) is 11.8 Å². The topological polar surface area (TPSA) is 46.5 Å². The van der Waals surface area contributed by atoms with Gasteiger partial charge in [-0.1, -0.05) is 13.8 Å². The maximum atomic E-state index is 11.0. The molecule has 1 heterocycles. The summed E-state index contributed by atoms with van der Waals surface area (Å²) in [5, 5.41) is 9.07. The van der Waals surface area contributed by atoms with Crippen LogP contribution in [-0.4, -0.2) is 22.3 Å². The number of carboxylic acids is 1. The third-order valence-corrected chi connectivity index (χ3v) is 4.16. The molecule has 2 rings (SSSR count). The largest absolute Gasteiger partial charge is 0.479 e. The zero-order chi connectivity index (χ0) is 11.3. The molecule has 0 amide bonds. The average molecular weight is 212 g/mol. The van der Waals surface area contributed by atoms with Crippen molar-refractivity contribution >= 4 is 5.97 Å². The van der Waals surface area contributed by atoms with E-state index in [-0.39, 0.29) is 5.60 Å². The highest BCUT2D eigenvalue weighted by Crippen LogP contribution is 2.54. The van der Waals surface area contributed by atoms with Gasteiger partial charge in [-0.15, -0.1) is 0 Å². The molecule has 1 saturated heterocycles. The molecule has 0 radical (unpaired) electrons. The number of carboxylic acid groups (broad SMARTS) is 1. The summed E-state index contributed by atoms with van der Waals surface area (Å²) in [7, 11) is 0. The molecule has 1 saturated carbocycles. The molecule has 1 unspecified atom stereocenters. The molecule has 86 valence electrons. The molecule has 0 aromatic rings. The summed E-state index contributed by atoms with van der Waals surface area (Å²) in [6.45, 7) is 6.15. The fourth-order valence-corrected chi connectivity index (χ4v) is 2.85. The quantitative estimate of drug-likeness (QED) is 0.764. The van der Waals surface area contributed by atoms with E-state index >= 15 is 0 Å².